The van der Waals surface area contributed by atoms with E-state index in [1.54, 1.807) is 0 Å². The Kier molecular flexibility index (Phi) is 3.58. The van der Waals surface area contributed by atoms with Gasteiger partial charge in [-0.1, -0.05) is 18.2 Å². The largest absolute Gasteiger partial charge is 0.315 e. The monoisotopic (exact) mass is 268 g/mol. The minimum Gasteiger partial charge on any atom is -0.315 e. The van der Waals surface area contributed by atoms with Crippen molar-refractivity contribution in [1.82, 2.24) is 10.3 Å². The molecule has 1 N–H and O–H groups in total. The van der Waals surface area contributed by atoms with Gasteiger partial charge in [0.15, 0.2) is 0 Å². The van der Waals surface area contributed by atoms with Crippen molar-refractivity contribution in [2.24, 2.45) is 0 Å². The summed E-state index contributed by atoms with van der Waals surface area (Å²) in [4.78, 5) is 5.80. The van der Waals surface area contributed by atoms with E-state index in [0.29, 0.717) is 0 Å². The zero-order chi connectivity index (χ0) is 13.1. The third-order valence-electron chi connectivity index (χ3n) is 3.19. The fraction of sp³-hybridized carbons (Fsp3) is 0.188. The first-order chi connectivity index (χ1) is 9.36. The number of nitrogens with one attached hydrogen (secondary N) is 1. The predicted molar refractivity (Wildman–Crippen MR) is 81.6 cm³/mol. The van der Waals surface area contributed by atoms with Gasteiger partial charge in [0.1, 0.15) is 0 Å². The Morgan fingerprint density at radius 2 is 2.11 bits per heavy atom. The van der Waals surface area contributed by atoms with E-state index in [1.807, 2.05) is 30.6 Å². The van der Waals surface area contributed by atoms with Gasteiger partial charge >= 0.3 is 0 Å². The SMILES string of the molecule is CNCc1cc(Cc2ccnc3ccccc23)cs1. The van der Waals surface area contributed by atoms with E-state index in [0.717, 1.165) is 18.5 Å². The molecule has 1 aromatic carbocycles. The lowest BCUT2D eigenvalue weighted by Crippen LogP contribution is -2.02. The highest BCUT2D eigenvalue weighted by Crippen LogP contribution is 2.22. The van der Waals surface area contributed by atoms with E-state index in [9.17, 15) is 0 Å². The molecule has 96 valence electrons. The number of rotatable bonds is 4. The Morgan fingerprint density at radius 3 is 3.00 bits per heavy atom. The molecule has 3 aromatic rings. The second kappa shape index (κ2) is 5.51. The Morgan fingerprint density at radius 1 is 1.21 bits per heavy atom. The van der Waals surface area contributed by atoms with Crippen molar-refractivity contribution in [1.29, 1.82) is 0 Å². The van der Waals surface area contributed by atoms with Gasteiger partial charge < -0.3 is 5.32 Å². The maximum Gasteiger partial charge on any atom is 0.0704 e. The van der Waals surface area contributed by atoms with Crippen molar-refractivity contribution in [3.05, 3.63) is 64.0 Å². The standard InChI is InChI=1S/C16H16N2S/c1-17-10-14-9-12(11-19-14)8-13-6-7-18-16-5-3-2-4-15(13)16/h2-7,9,11,17H,8,10H2,1H3. The number of benzene rings is 1. The third kappa shape index (κ3) is 2.67. The van der Waals surface area contributed by atoms with Crippen molar-refractivity contribution in [3.63, 3.8) is 0 Å². The summed E-state index contributed by atoms with van der Waals surface area (Å²) < 4.78 is 0. The van der Waals surface area contributed by atoms with Crippen LogP contribution in [-0.4, -0.2) is 12.0 Å². The van der Waals surface area contributed by atoms with Gasteiger partial charge in [-0.25, -0.2) is 0 Å². The molecule has 0 saturated heterocycles. The summed E-state index contributed by atoms with van der Waals surface area (Å²) in [6.45, 7) is 0.946. The zero-order valence-corrected chi connectivity index (χ0v) is 11.7. The van der Waals surface area contributed by atoms with Gasteiger partial charge in [0, 0.05) is 23.0 Å². The number of pyridine rings is 1. The van der Waals surface area contributed by atoms with Crippen molar-refractivity contribution in [2.45, 2.75) is 13.0 Å². The van der Waals surface area contributed by atoms with Crippen LogP contribution in [0.4, 0.5) is 0 Å². The molecule has 0 atom stereocenters. The van der Waals surface area contributed by atoms with Gasteiger partial charge in [-0.2, -0.15) is 0 Å². The van der Waals surface area contributed by atoms with Crippen LogP contribution in [0.15, 0.2) is 48.0 Å². The summed E-state index contributed by atoms with van der Waals surface area (Å²) in [7, 11) is 1.98. The molecule has 2 heterocycles. The molecule has 3 heteroatoms. The average Bonchev–Trinajstić information content (AvgIpc) is 2.87. The minimum atomic E-state index is 0.946. The van der Waals surface area contributed by atoms with Crippen LogP contribution < -0.4 is 5.32 Å². The third-order valence-corrected chi connectivity index (χ3v) is 4.18. The Hall–Kier alpha value is -1.71. The van der Waals surface area contributed by atoms with Crippen LogP contribution in [0.5, 0.6) is 0 Å². The highest BCUT2D eigenvalue weighted by Gasteiger charge is 2.04. The summed E-state index contributed by atoms with van der Waals surface area (Å²) in [5, 5.41) is 6.70. The molecule has 0 bridgehead atoms. The molecule has 0 spiro atoms. The topological polar surface area (TPSA) is 24.9 Å². The number of para-hydroxylation sites is 1. The highest BCUT2D eigenvalue weighted by atomic mass is 32.1. The normalized spacial score (nSPS) is 11.0. The van der Waals surface area contributed by atoms with Crippen molar-refractivity contribution >= 4 is 22.2 Å². The molecular weight excluding hydrogens is 252 g/mol. The first kappa shape index (κ1) is 12.3. The molecule has 2 nitrogen and oxygen atoms in total. The lowest BCUT2D eigenvalue weighted by atomic mass is 10.0. The Balaban J connectivity index is 1.92. The molecule has 2 aromatic heterocycles. The number of nitrogens with zero attached hydrogens (tertiary/aromatic N) is 1. The van der Waals surface area contributed by atoms with Gasteiger partial charge in [0.05, 0.1) is 5.52 Å². The van der Waals surface area contributed by atoms with Gasteiger partial charge in [0.25, 0.3) is 0 Å². The van der Waals surface area contributed by atoms with E-state index < -0.39 is 0 Å². The van der Waals surface area contributed by atoms with E-state index in [1.165, 1.54) is 21.4 Å². The second-order valence-electron chi connectivity index (χ2n) is 4.62. The van der Waals surface area contributed by atoms with E-state index >= 15 is 0 Å². The van der Waals surface area contributed by atoms with Gasteiger partial charge in [-0.3, -0.25) is 4.98 Å². The molecule has 0 aliphatic rings. The lowest BCUT2D eigenvalue weighted by molar-refractivity contribution is 0.831. The maximum absolute atomic E-state index is 4.41. The van der Waals surface area contributed by atoms with E-state index in [4.69, 9.17) is 0 Å². The summed E-state index contributed by atoms with van der Waals surface area (Å²) in [6.07, 6.45) is 2.88. The molecule has 3 rings (SSSR count). The summed E-state index contributed by atoms with van der Waals surface area (Å²) in [6, 6.07) is 12.7. The Labute approximate surface area is 117 Å². The van der Waals surface area contributed by atoms with Gasteiger partial charge in [0.2, 0.25) is 0 Å². The zero-order valence-electron chi connectivity index (χ0n) is 10.9. The average molecular weight is 268 g/mol. The summed E-state index contributed by atoms with van der Waals surface area (Å²) >= 11 is 1.82. The second-order valence-corrected chi connectivity index (χ2v) is 5.61. The van der Waals surface area contributed by atoms with Crippen molar-refractivity contribution < 1.29 is 0 Å². The summed E-state index contributed by atoms with van der Waals surface area (Å²) in [5.41, 5.74) is 3.80. The molecule has 0 amide bonds. The fourth-order valence-corrected chi connectivity index (χ4v) is 3.22. The van der Waals surface area contributed by atoms with Crippen LogP contribution in [0.25, 0.3) is 10.9 Å². The predicted octanol–water partition coefficient (Wildman–Crippen LogP) is 3.61. The first-order valence-electron chi connectivity index (χ1n) is 6.40. The van der Waals surface area contributed by atoms with Gasteiger partial charge in [-0.05, 0) is 48.2 Å². The van der Waals surface area contributed by atoms with Crippen LogP contribution in [0.2, 0.25) is 0 Å². The number of hydrogen-bond donors (Lipinski definition) is 1. The van der Waals surface area contributed by atoms with Crippen LogP contribution in [0.1, 0.15) is 16.0 Å². The number of aromatic nitrogens is 1. The van der Waals surface area contributed by atoms with Crippen molar-refractivity contribution in [3.8, 4) is 0 Å². The maximum atomic E-state index is 4.41. The number of hydrogen-bond acceptors (Lipinski definition) is 3. The quantitative estimate of drug-likeness (QED) is 0.782. The molecule has 19 heavy (non-hydrogen) atoms. The van der Waals surface area contributed by atoms with Crippen LogP contribution >= 0.6 is 11.3 Å². The fourth-order valence-electron chi connectivity index (χ4n) is 2.31. The molecule has 0 unspecified atom stereocenters. The van der Waals surface area contributed by atoms with Gasteiger partial charge in [-0.15, -0.1) is 11.3 Å². The smallest absolute Gasteiger partial charge is 0.0704 e. The van der Waals surface area contributed by atoms with Crippen LogP contribution in [0.3, 0.4) is 0 Å². The summed E-state index contributed by atoms with van der Waals surface area (Å²) in [5.74, 6) is 0. The van der Waals surface area contributed by atoms with Crippen LogP contribution in [0, 0.1) is 0 Å². The van der Waals surface area contributed by atoms with E-state index in [-0.39, 0.29) is 0 Å². The molecule has 0 aliphatic heterocycles. The van der Waals surface area contributed by atoms with E-state index in [2.05, 4.69) is 46.0 Å². The van der Waals surface area contributed by atoms with Crippen LogP contribution in [-0.2, 0) is 13.0 Å². The number of fused-ring (bicyclic) bond motifs is 1. The minimum absolute atomic E-state index is 0.946. The lowest BCUT2D eigenvalue weighted by Gasteiger charge is -2.04. The number of thiophene rings is 1. The Bertz CT molecular complexity index is 683. The highest BCUT2D eigenvalue weighted by molar-refractivity contribution is 7.10. The molecule has 0 radical (unpaired) electrons. The molecule has 0 saturated carbocycles. The van der Waals surface area contributed by atoms with Crippen molar-refractivity contribution in [2.75, 3.05) is 7.05 Å². The molecule has 0 fully saturated rings. The molecular formula is C16H16N2S. The molecule has 0 aliphatic carbocycles. The first-order valence-corrected chi connectivity index (χ1v) is 7.28.